The van der Waals surface area contributed by atoms with Crippen molar-refractivity contribution in [3.05, 3.63) is 54.4 Å². The Kier molecular flexibility index (Phi) is 4.23. The van der Waals surface area contributed by atoms with Crippen LogP contribution in [0.2, 0.25) is 0 Å². The van der Waals surface area contributed by atoms with Crippen molar-refractivity contribution in [2.45, 2.75) is 19.6 Å². The number of pyridine rings is 1. The van der Waals surface area contributed by atoms with Gasteiger partial charge in [0.2, 0.25) is 5.91 Å². The Hall–Kier alpha value is -2.56. The molecule has 1 aromatic heterocycles. The molecule has 1 aliphatic rings. The van der Waals surface area contributed by atoms with Crippen molar-refractivity contribution < 1.29 is 9.53 Å². The van der Waals surface area contributed by atoms with E-state index in [1.807, 2.05) is 49.4 Å². The number of rotatable bonds is 4. The van der Waals surface area contributed by atoms with E-state index in [0.29, 0.717) is 19.6 Å². The molecule has 114 valence electrons. The van der Waals surface area contributed by atoms with Crippen molar-refractivity contribution in [2.75, 3.05) is 18.0 Å². The van der Waals surface area contributed by atoms with Gasteiger partial charge in [0, 0.05) is 6.20 Å². The molecule has 0 unspecified atom stereocenters. The summed E-state index contributed by atoms with van der Waals surface area (Å²) in [4.78, 5) is 18.4. The van der Waals surface area contributed by atoms with Crippen molar-refractivity contribution in [2.24, 2.45) is 0 Å². The van der Waals surface area contributed by atoms with E-state index in [2.05, 4.69) is 15.2 Å². The number of nitrogens with zero attached hydrogens (tertiary/aromatic N) is 2. The number of para-hydroxylation sites is 2. The van der Waals surface area contributed by atoms with Crippen molar-refractivity contribution in [1.29, 1.82) is 0 Å². The summed E-state index contributed by atoms with van der Waals surface area (Å²) in [7, 11) is 0. The van der Waals surface area contributed by atoms with Gasteiger partial charge in [0.15, 0.2) is 0 Å². The zero-order chi connectivity index (χ0) is 15.4. The summed E-state index contributed by atoms with van der Waals surface area (Å²) in [5.41, 5.74) is 1.82. The summed E-state index contributed by atoms with van der Waals surface area (Å²) in [5, 5.41) is 2.91. The number of ether oxygens (including phenoxy) is 1. The molecule has 0 bridgehead atoms. The van der Waals surface area contributed by atoms with Crippen molar-refractivity contribution in [3.8, 4) is 5.75 Å². The van der Waals surface area contributed by atoms with Crippen LogP contribution in [-0.4, -0.2) is 30.1 Å². The van der Waals surface area contributed by atoms with Crippen LogP contribution in [0.15, 0.2) is 48.7 Å². The fourth-order valence-corrected chi connectivity index (χ4v) is 2.55. The molecule has 0 aliphatic carbocycles. The second-order valence-corrected chi connectivity index (χ2v) is 5.37. The first kappa shape index (κ1) is 14.4. The highest BCUT2D eigenvalue weighted by atomic mass is 16.5. The molecule has 5 heteroatoms. The topological polar surface area (TPSA) is 54.5 Å². The van der Waals surface area contributed by atoms with Gasteiger partial charge in [-0.05, 0) is 31.2 Å². The van der Waals surface area contributed by atoms with Gasteiger partial charge in [-0.1, -0.05) is 18.2 Å². The van der Waals surface area contributed by atoms with Crippen LogP contribution in [0.1, 0.15) is 12.6 Å². The Balaban J connectivity index is 1.62. The minimum absolute atomic E-state index is 0.0189. The fourth-order valence-electron chi connectivity index (χ4n) is 2.55. The molecule has 22 heavy (non-hydrogen) atoms. The van der Waals surface area contributed by atoms with E-state index >= 15 is 0 Å². The number of anilines is 1. The number of fused-ring (bicyclic) bond motifs is 1. The number of carbonyl (C=O) groups excluding carboxylic acids is 1. The molecule has 1 atom stereocenters. The van der Waals surface area contributed by atoms with E-state index in [4.69, 9.17) is 4.74 Å². The highest BCUT2D eigenvalue weighted by molar-refractivity contribution is 5.82. The highest BCUT2D eigenvalue weighted by Gasteiger charge is 2.23. The van der Waals surface area contributed by atoms with Gasteiger partial charge in [0.25, 0.3) is 0 Å². The number of hydrogen-bond donors (Lipinski definition) is 1. The monoisotopic (exact) mass is 297 g/mol. The number of amides is 1. The number of nitrogens with one attached hydrogen (secondary N) is 1. The standard InChI is InChI=1S/C17H19N3O2/c1-13-11-20(15-7-2-3-8-16(15)22-13)12-17(21)19-10-14-6-4-5-9-18-14/h2-9,13H,10-12H2,1H3,(H,19,21)/t13-/m1/s1. The number of hydrogen-bond acceptors (Lipinski definition) is 4. The van der Waals surface area contributed by atoms with Crippen molar-refractivity contribution in [3.63, 3.8) is 0 Å². The summed E-state index contributed by atoms with van der Waals surface area (Å²) >= 11 is 0. The predicted molar refractivity (Wildman–Crippen MR) is 84.8 cm³/mol. The average Bonchev–Trinajstić information content (AvgIpc) is 2.54. The summed E-state index contributed by atoms with van der Waals surface area (Å²) in [5.74, 6) is 0.813. The first-order valence-corrected chi connectivity index (χ1v) is 7.39. The first-order valence-electron chi connectivity index (χ1n) is 7.39. The second-order valence-electron chi connectivity index (χ2n) is 5.37. The zero-order valence-electron chi connectivity index (χ0n) is 12.5. The van der Waals surface area contributed by atoms with Gasteiger partial charge in [-0.2, -0.15) is 0 Å². The van der Waals surface area contributed by atoms with Crippen LogP contribution >= 0.6 is 0 Å². The van der Waals surface area contributed by atoms with Crippen LogP contribution in [-0.2, 0) is 11.3 Å². The lowest BCUT2D eigenvalue weighted by Gasteiger charge is -2.34. The van der Waals surface area contributed by atoms with E-state index in [9.17, 15) is 4.79 Å². The summed E-state index contributed by atoms with van der Waals surface area (Å²) < 4.78 is 5.79. The quantitative estimate of drug-likeness (QED) is 0.937. The third kappa shape index (κ3) is 3.36. The maximum absolute atomic E-state index is 12.2. The Morgan fingerprint density at radius 3 is 2.95 bits per heavy atom. The Morgan fingerprint density at radius 1 is 1.32 bits per heavy atom. The Bertz CT molecular complexity index is 645. The normalized spacial score (nSPS) is 16.6. The van der Waals surface area contributed by atoms with E-state index in [0.717, 1.165) is 17.1 Å². The molecule has 0 radical (unpaired) electrons. The predicted octanol–water partition coefficient (Wildman–Crippen LogP) is 1.99. The van der Waals surface area contributed by atoms with E-state index in [1.165, 1.54) is 0 Å². The Labute approximate surface area is 129 Å². The number of benzene rings is 1. The van der Waals surface area contributed by atoms with Gasteiger partial charge >= 0.3 is 0 Å². The minimum atomic E-state index is -0.0189. The highest BCUT2D eigenvalue weighted by Crippen LogP contribution is 2.32. The molecular formula is C17H19N3O2. The van der Waals surface area contributed by atoms with Gasteiger partial charge in [-0.25, -0.2) is 0 Å². The third-order valence-electron chi connectivity index (χ3n) is 3.54. The van der Waals surface area contributed by atoms with E-state index in [-0.39, 0.29) is 12.0 Å². The average molecular weight is 297 g/mol. The molecular weight excluding hydrogens is 278 g/mol. The molecule has 0 spiro atoms. The molecule has 2 heterocycles. The zero-order valence-corrected chi connectivity index (χ0v) is 12.5. The lowest BCUT2D eigenvalue weighted by molar-refractivity contribution is -0.120. The third-order valence-corrected chi connectivity index (χ3v) is 3.54. The molecule has 1 amide bonds. The van der Waals surface area contributed by atoms with Gasteiger partial charge < -0.3 is 15.0 Å². The number of carbonyl (C=O) groups is 1. The lowest BCUT2D eigenvalue weighted by atomic mass is 10.2. The first-order chi connectivity index (χ1) is 10.7. The van der Waals surface area contributed by atoms with E-state index in [1.54, 1.807) is 6.20 Å². The smallest absolute Gasteiger partial charge is 0.239 e. The second kappa shape index (κ2) is 6.47. The molecule has 3 rings (SSSR count). The van der Waals surface area contributed by atoms with Crippen LogP contribution in [0.5, 0.6) is 5.75 Å². The molecule has 1 aromatic carbocycles. The van der Waals surface area contributed by atoms with Gasteiger partial charge in [-0.3, -0.25) is 9.78 Å². The fraction of sp³-hybridized carbons (Fsp3) is 0.294. The summed E-state index contributed by atoms with van der Waals surface area (Å²) in [6.45, 7) is 3.47. The summed E-state index contributed by atoms with van der Waals surface area (Å²) in [6, 6.07) is 13.5. The lowest BCUT2D eigenvalue weighted by Crippen LogP contribution is -2.44. The van der Waals surface area contributed by atoms with Crippen LogP contribution in [0.25, 0.3) is 0 Å². The van der Waals surface area contributed by atoms with Crippen molar-refractivity contribution >= 4 is 11.6 Å². The SMILES string of the molecule is C[C@@H]1CN(CC(=O)NCc2ccccn2)c2ccccc2O1. The van der Waals surface area contributed by atoms with Gasteiger partial charge in [-0.15, -0.1) is 0 Å². The molecule has 1 N–H and O–H groups in total. The minimum Gasteiger partial charge on any atom is -0.487 e. The molecule has 5 nitrogen and oxygen atoms in total. The molecule has 2 aromatic rings. The van der Waals surface area contributed by atoms with Gasteiger partial charge in [0.1, 0.15) is 11.9 Å². The maximum atomic E-state index is 12.2. The van der Waals surface area contributed by atoms with E-state index < -0.39 is 0 Å². The Morgan fingerprint density at radius 2 is 2.14 bits per heavy atom. The molecule has 0 saturated heterocycles. The van der Waals surface area contributed by atoms with Crippen LogP contribution < -0.4 is 15.0 Å². The molecule has 0 saturated carbocycles. The maximum Gasteiger partial charge on any atom is 0.239 e. The van der Waals surface area contributed by atoms with Gasteiger partial charge in [0.05, 0.1) is 31.0 Å². The summed E-state index contributed by atoms with van der Waals surface area (Å²) in [6.07, 6.45) is 1.79. The van der Waals surface area contributed by atoms with Crippen LogP contribution in [0.3, 0.4) is 0 Å². The largest absolute Gasteiger partial charge is 0.487 e. The van der Waals surface area contributed by atoms with Crippen LogP contribution in [0.4, 0.5) is 5.69 Å². The van der Waals surface area contributed by atoms with Crippen LogP contribution in [0, 0.1) is 0 Å². The molecule has 1 aliphatic heterocycles. The molecule has 0 fully saturated rings. The van der Waals surface area contributed by atoms with Crippen molar-refractivity contribution in [1.82, 2.24) is 10.3 Å². The number of aromatic nitrogens is 1.